The Kier molecular flexibility index (Phi) is 6.06. The van der Waals surface area contributed by atoms with Crippen LogP contribution in [0.25, 0.3) is 0 Å². The summed E-state index contributed by atoms with van der Waals surface area (Å²) in [5, 5.41) is 12.8. The minimum Gasteiger partial charge on any atom is -0.351 e. The van der Waals surface area contributed by atoms with Gasteiger partial charge in [-0.1, -0.05) is 24.6 Å². The molecule has 0 aliphatic rings. The third-order valence-electron chi connectivity index (χ3n) is 2.44. The summed E-state index contributed by atoms with van der Waals surface area (Å²) in [5.41, 5.74) is -0.462. The van der Waals surface area contributed by atoms with Crippen molar-refractivity contribution in [2.24, 2.45) is 0 Å². The third-order valence-corrected chi connectivity index (χ3v) is 4.31. The molecule has 1 amide bonds. The molecule has 0 fully saturated rings. The lowest BCUT2D eigenvalue weighted by molar-refractivity contribution is -0.384. The summed E-state index contributed by atoms with van der Waals surface area (Å²) in [6.45, 7) is 1.76. The molecule has 2 N–H and O–H groups in total. The molecular weight excluding hydrogens is 322 g/mol. The van der Waals surface area contributed by atoms with Gasteiger partial charge in [0.25, 0.3) is 11.6 Å². The van der Waals surface area contributed by atoms with E-state index in [-0.39, 0.29) is 35.1 Å². The molecule has 0 spiro atoms. The zero-order chi connectivity index (χ0) is 16.0. The van der Waals surface area contributed by atoms with E-state index in [0.29, 0.717) is 0 Å². The first-order valence-electron chi connectivity index (χ1n) is 5.97. The Bertz CT molecular complexity index is 647. The van der Waals surface area contributed by atoms with Crippen molar-refractivity contribution in [3.8, 4) is 0 Å². The molecule has 0 saturated heterocycles. The minimum absolute atomic E-state index is 0.0771. The molecule has 0 radical (unpaired) electrons. The monoisotopic (exact) mass is 335 g/mol. The number of carbonyl (C=O) groups excluding carboxylic acids is 1. The van der Waals surface area contributed by atoms with Gasteiger partial charge in [-0.3, -0.25) is 14.9 Å². The smallest absolute Gasteiger partial charge is 0.288 e. The van der Waals surface area contributed by atoms with Crippen LogP contribution in [0.2, 0.25) is 5.02 Å². The van der Waals surface area contributed by atoms with Gasteiger partial charge in [-0.15, -0.1) is 0 Å². The van der Waals surface area contributed by atoms with E-state index in [0.717, 1.165) is 0 Å². The number of nitrogens with zero attached hydrogens (tertiary/aromatic N) is 1. The Morgan fingerprint density at radius 1 is 1.43 bits per heavy atom. The predicted octanol–water partition coefficient (Wildman–Crippen LogP) is 0.917. The zero-order valence-electron chi connectivity index (χ0n) is 11.1. The van der Waals surface area contributed by atoms with Gasteiger partial charge in [0.1, 0.15) is 5.02 Å². The molecule has 1 aromatic rings. The van der Waals surface area contributed by atoms with E-state index in [1.54, 1.807) is 6.92 Å². The van der Waals surface area contributed by atoms with E-state index < -0.39 is 20.9 Å². The van der Waals surface area contributed by atoms with Crippen molar-refractivity contribution in [3.05, 3.63) is 38.9 Å². The molecule has 0 heterocycles. The maximum absolute atomic E-state index is 11.9. The average molecular weight is 336 g/mol. The summed E-state index contributed by atoms with van der Waals surface area (Å²) in [5.74, 6) is -0.963. The molecule has 1 rings (SSSR count). The summed E-state index contributed by atoms with van der Waals surface area (Å²) >= 11 is 5.78. The number of halogens is 1. The van der Waals surface area contributed by atoms with Crippen molar-refractivity contribution >= 4 is 33.2 Å². The second-order valence-electron chi connectivity index (χ2n) is 3.97. The highest BCUT2D eigenvalue weighted by atomic mass is 35.5. The zero-order valence-corrected chi connectivity index (χ0v) is 12.7. The van der Waals surface area contributed by atoms with Gasteiger partial charge < -0.3 is 5.32 Å². The van der Waals surface area contributed by atoms with Crippen molar-refractivity contribution in [2.75, 3.05) is 18.8 Å². The first-order valence-corrected chi connectivity index (χ1v) is 8.00. The molecular formula is C11H14ClN3O5S. The molecule has 0 aromatic heterocycles. The molecule has 116 valence electrons. The molecule has 1 aromatic carbocycles. The minimum atomic E-state index is -3.45. The molecule has 10 heteroatoms. The number of nitro groups is 1. The van der Waals surface area contributed by atoms with E-state index in [1.807, 2.05) is 0 Å². The van der Waals surface area contributed by atoms with Crippen LogP contribution < -0.4 is 10.0 Å². The van der Waals surface area contributed by atoms with Crippen LogP contribution in [0.3, 0.4) is 0 Å². The Labute approximate surface area is 126 Å². The Morgan fingerprint density at radius 2 is 2.10 bits per heavy atom. The Morgan fingerprint density at radius 3 is 2.67 bits per heavy atom. The lowest BCUT2D eigenvalue weighted by atomic mass is 10.2. The number of nitro benzene ring substituents is 1. The van der Waals surface area contributed by atoms with Crippen LogP contribution in [0.15, 0.2) is 18.2 Å². The number of benzene rings is 1. The van der Waals surface area contributed by atoms with Crippen LogP contribution in [0, 0.1) is 10.1 Å². The van der Waals surface area contributed by atoms with E-state index in [2.05, 4.69) is 10.0 Å². The van der Waals surface area contributed by atoms with Gasteiger partial charge in [0, 0.05) is 19.2 Å². The fraction of sp³-hybridized carbons (Fsp3) is 0.364. The van der Waals surface area contributed by atoms with Gasteiger partial charge >= 0.3 is 0 Å². The number of carbonyl (C=O) groups is 1. The van der Waals surface area contributed by atoms with Gasteiger partial charge in [-0.25, -0.2) is 13.1 Å². The highest BCUT2D eigenvalue weighted by Crippen LogP contribution is 2.27. The summed E-state index contributed by atoms with van der Waals surface area (Å²) in [6, 6.07) is 3.83. The quantitative estimate of drug-likeness (QED) is 0.567. The number of hydrogen-bond donors (Lipinski definition) is 2. The molecule has 0 aliphatic carbocycles. The number of hydrogen-bond acceptors (Lipinski definition) is 5. The van der Waals surface area contributed by atoms with Gasteiger partial charge in [-0.2, -0.15) is 0 Å². The topological polar surface area (TPSA) is 118 Å². The number of amides is 1. The first-order chi connectivity index (χ1) is 9.78. The van der Waals surface area contributed by atoms with Crippen molar-refractivity contribution < 1.29 is 18.1 Å². The van der Waals surface area contributed by atoms with E-state index >= 15 is 0 Å². The van der Waals surface area contributed by atoms with Crippen LogP contribution in [-0.2, 0) is 10.0 Å². The number of nitrogens with one attached hydrogen (secondary N) is 2. The first kappa shape index (κ1) is 17.3. The molecule has 0 saturated carbocycles. The highest BCUT2D eigenvalue weighted by molar-refractivity contribution is 7.89. The Hall–Kier alpha value is -1.71. The summed E-state index contributed by atoms with van der Waals surface area (Å²) < 4.78 is 25.0. The fourth-order valence-electron chi connectivity index (χ4n) is 1.52. The summed E-state index contributed by atoms with van der Waals surface area (Å²) in [6.07, 6.45) is 0. The van der Waals surface area contributed by atoms with E-state index in [1.165, 1.54) is 18.2 Å². The van der Waals surface area contributed by atoms with Crippen molar-refractivity contribution in [1.29, 1.82) is 0 Å². The summed E-state index contributed by atoms with van der Waals surface area (Å²) in [7, 11) is -3.45. The van der Waals surface area contributed by atoms with Crippen LogP contribution >= 0.6 is 11.6 Å². The largest absolute Gasteiger partial charge is 0.351 e. The van der Waals surface area contributed by atoms with Gasteiger partial charge in [0.05, 0.1) is 16.2 Å². The molecule has 0 atom stereocenters. The van der Waals surface area contributed by atoms with Crippen molar-refractivity contribution in [3.63, 3.8) is 0 Å². The number of sulfonamides is 1. The van der Waals surface area contributed by atoms with Crippen LogP contribution in [0.4, 0.5) is 5.69 Å². The fourth-order valence-corrected chi connectivity index (χ4v) is 2.76. The van der Waals surface area contributed by atoms with Gasteiger partial charge in [0.2, 0.25) is 10.0 Å². The Balaban J connectivity index is 2.73. The highest BCUT2D eigenvalue weighted by Gasteiger charge is 2.20. The van der Waals surface area contributed by atoms with E-state index in [4.69, 9.17) is 11.6 Å². The summed E-state index contributed by atoms with van der Waals surface area (Å²) in [4.78, 5) is 21.9. The standard InChI is InChI=1S/C11H14ClN3O5S/c1-2-14-21(19,20)7-6-13-11(16)8-4-3-5-9(10(8)12)15(17)18/h3-5,14H,2,6-7H2,1H3,(H,13,16). The normalized spacial score (nSPS) is 11.1. The maximum Gasteiger partial charge on any atom is 0.288 e. The van der Waals surface area contributed by atoms with Crippen LogP contribution in [0.5, 0.6) is 0 Å². The van der Waals surface area contributed by atoms with Gasteiger partial charge in [-0.05, 0) is 6.07 Å². The third kappa shape index (κ3) is 4.96. The van der Waals surface area contributed by atoms with Crippen LogP contribution in [-0.4, -0.2) is 38.1 Å². The molecule has 0 bridgehead atoms. The average Bonchev–Trinajstić information content (AvgIpc) is 2.38. The SMILES string of the molecule is CCNS(=O)(=O)CCNC(=O)c1cccc([N+](=O)[O-])c1Cl. The van der Waals surface area contributed by atoms with E-state index in [9.17, 15) is 23.3 Å². The lowest BCUT2D eigenvalue weighted by Crippen LogP contribution is -2.34. The van der Waals surface area contributed by atoms with Crippen LogP contribution in [0.1, 0.15) is 17.3 Å². The second-order valence-corrected chi connectivity index (χ2v) is 6.27. The molecule has 0 aliphatic heterocycles. The molecule has 8 nitrogen and oxygen atoms in total. The number of rotatable bonds is 7. The van der Waals surface area contributed by atoms with Crippen molar-refractivity contribution in [1.82, 2.24) is 10.0 Å². The lowest BCUT2D eigenvalue weighted by Gasteiger charge is -2.07. The molecule has 21 heavy (non-hydrogen) atoms. The molecule has 0 unspecified atom stereocenters. The maximum atomic E-state index is 11.9. The van der Waals surface area contributed by atoms with Gasteiger partial charge in [0.15, 0.2) is 0 Å². The predicted molar refractivity (Wildman–Crippen MR) is 77.9 cm³/mol. The second kappa shape index (κ2) is 7.34. The van der Waals surface area contributed by atoms with Crippen molar-refractivity contribution in [2.45, 2.75) is 6.92 Å².